The predicted molar refractivity (Wildman–Crippen MR) is 38.3 cm³/mol. The molecule has 1 atom stereocenters. The number of rotatable bonds is 5. The van der Waals surface area contributed by atoms with Gasteiger partial charge in [-0.3, -0.25) is 0 Å². The zero-order valence-corrected chi connectivity index (χ0v) is 9.68. The van der Waals surface area contributed by atoms with Gasteiger partial charge in [0.25, 0.3) is 0 Å². The first kappa shape index (κ1) is 13.9. The van der Waals surface area contributed by atoms with Crippen molar-refractivity contribution < 1.29 is 36.1 Å². The van der Waals surface area contributed by atoms with Crippen molar-refractivity contribution in [3.8, 4) is 0 Å². The number of hydrogen-bond donors (Lipinski definition) is 0. The van der Waals surface area contributed by atoms with Crippen LogP contribution in [0, 0.1) is 5.92 Å². The minimum atomic E-state index is -0.893. The van der Waals surface area contributed by atoms with E-state index in [1.807, 2.05) is 6.92 Å². The third-order valence-corrected chi connectivity index (χ3v) is 1.73. The number of carboxylic acid groups (broad SMARTS) is 1. The second-order valence-corrected chi connectivity index (χ2v) is 2.57. The molecule has 0 heterocycles. The van der Waals surface area contributed by atoms with E-state index in [0.29, 0.717) is 6.42 Å². The number of carboxylic acids is 1. The van der Waals surface area contributed by atoms with Crippen molar-refractivity contribution in [2.75, 3.05) is 0 Å². The van der Waals surface area contributed by atoms with Crippen molar-refractivity contribution in [1.82, 2.24) is 0 Å². The van der Waals surface area contributed by atoms with Gasteiger partial charge in [-0.1, -0.05) is 26.7 Å². The maximum Gasteiger partial charge on any atom is 0.0445 e. The van der Waals surface area contributed by atoms with Gasteiger partial charge in [-0.05, 0) is 18.8 Å². The summed E-state index contributed by atoms with van der Waals surface area (Å²) in [5.41, 5.74) is 0. The van der Waals surface area contributed by atoms with Crippen LogP contribution in [-0.2, 0) is 31.0 Å². The molecule has 0 N–H and O–H groups in total. The van der Waals surface area contributed by atoms with Gasteiger partial charge in [-0.15, -0.1) is 0 Å². The zero-order valence-electron chi connectivity index (χ0n) is 7.22. The monoisotopic (exact) mass is 233 g/mol. The van der Waals surface area contributed by atoms with E-state index < -0.39 is 5.97 Å². The van der Waals surface area contributed by atoms with Crippen molar-refractivity contribution >= 4 is 5.97 Å². The van der Waals surface area contributed by atoms with Crippen molar-refractivity contribution in [3.63, 3.8) is 0 Å². The molecular formula is C8H15O2Zr-. The molecule has 0 fully saturated rings. The Morgan fingerprint density at radius 2 is 2.00 bits per heavy atom. The maximum atomic E-state index is 10.3. The van der Waals surface area contributed by atoms with Gasteiger partial charge in [0.05, 0.1) is 0 Å². The van der Waals surface area contributed by atoms with Gasteiger partial charge < -0.3 is 9.90 Å². The average molecular weight is 234 g/mol. The minimum Gasteiger partial charge on any atom is -0.550 e. The molecule has 0 rings (SSSR count). The number of carbonyl (C=O) groups is 1. The third-order valence-electron chi connectivity index (χ3n) is 1.73. The van der Waals surface area contributed by atoms with Crippen LogP contribution < -0.4 is 5.11 Å². The van der Waals surface area contributed by atoms with Crippen LogP contribution in [0.3, 0.4) is 0 Å². The molecule has 0 aliphatic heterocycles. The van der Waals surface area contributed by atoms with E-state index in [1.165, 1.54) is 0 Å². The SMILES string of the molecule is CCCCC(CC)C(=O)[O-].[Zr]. The summed E-state index contributed by atoms with van der Waals surface area (Å²) in [4.78, 5) is 10.3. The van der Waals surface area contributed by atoms with E-state index in [0.717, 1.165) is 19.3 Å². The summed E-state index contributed by atoms with van der Waals surface area (Å²) in [5.74, 6) is -1.11. The van der Waals surface area contributed by atoms with Gasteiger partial charge >= 0.3 is 0 Å². The molecule has 0 aromatic carbocycles. The summed E-state index contributed by atoms with van der Waals surface area (Å²) in [6.45, 7) is 3.94. The van der Waals surface area contributed by atoms with Gasteiger partial charge in [0.2, 0.25) is 0 Å². The molecule has 64 valence electrons. The Labute approximate surface area is 87.5 Å². The largest absolute Gasteiger partial charge is 0.550 e. The molecule has 0 aliphatic rings. The fraction of sp³-hybridized carbons (Fsp3) is 0.875. The molecule has 0 spiro atoms. The second-order valence-electron chi connectivity index (χ2n) is 2.57. The summed E-state index contributed by atoms with van der Waals surface area (Å²) >= 11 is 0. The Kier molecular flexibility index (Phi) is 10.7. The quantitative estimate of drug-likeness (QED) is 0.710. The van der Waals surface area contributed by atoms with Crippen molar-refractivity contribution in [2.45, 2.75) is 39.5 Å². The molecule has 0 bridgehead atoms. The molecule has 0 saturated heterocycles. The topological polar surface area (TPSA) is 40.1 Å². The van der Waals surface area contributed by atoms with Crippen LogP contribution in [0.1, 0.15) is 39.5 Å². The summed E-state index contributed by atoms with van der Waals surface area (Å²) in [6, 6.07) is 0. The Balaban J connectivity index is 0. The van der Waals surface area contributed by atoms with Gasteiger partial charge in [0, 0.05) is 32.2 Å². The molecule has 0 aliphatic carbocycles. The zero-order chi connectivity index (χ0) is 7.98. The molecule has 0 saturated carbocycles. The van der Waals surface area contributed by atoms with Gasteiger partial charge in [-0.2, -0.15) is 0 Å². The van der Waals surface area contributed by atoms with Crippen LogP contribution in [-0.4, -0.2) is 5.97 Å². The van der Waals surface area contributed by atoms with Crippen molar-refractivity contribution in [2.24, 2.45) is 5.92 Å². The molecule has 2 nitrogen and oxygen atoms in total. The van der Waals surface area contributed by atoms with Crippen LogP contribution in [0.4, 0.5) is 0 Å². The van der Waals surface area contributed by atoms with E-state index in [4.69, 9.17) is 0 Å². The van der Waals surface area contributed by atoms with Gasteiger partial charge in [0.15, 0.2) is 0 Å². The fourth-order valence-electron chi connectivity index (χ4n) is 0.939. The average Bonchev–Trinajstić information content (AvgIpc) is 1.89. The Morgan fingerprint density at radius 3 is 2.27 bits per heavy atom. The maximum absolute atomic E-state index is 10.3. The number of aliphatic carboxylic acids is 1. The van der Waals surface area contributed by atoms with E-state index >= 15 is 0 Å². The first-order chi connectivity index (χ1) is 4.72. The summed E-state index contributed by atoms with van der Waals surface area (Å²) < 4.78 is 0. The van der Waals surface area contributed by atoms with E-state index in [-0.39, 0.29) is 32.1 Å². The summed E-state index contributed by atoms with van der Waals surface area (Å²) in [5, 5.41) is 10.3. The van der Waals surface area contributed by atoms with E-state index in [9.17, 15) is 9.90 Å². The van der Waals surface area contributed by atoms with E-state index in [2.05, 4.69) is 6.92 Å². The molecule has 1 unspecified atom stereocenters. The Bertz CT molecular complexity index is 104. The van der Waals surface area contributed by atoms with Crippen LogP contribution in [0.15, 0.2) is 0 Å². The summed E-state index contributed by atoms with van der Waals surface area (Å²) in [7, 11) is 0. The van der Waals surface area contributed by atoms with Crippen molar-refractivity contribution in [1.29, 1.82) is 0 Å². The fourth-order valence-corrected chi connectivity index (χ4v) is 0.939. The van der Waals surface area contributed by atoms with Gasteiger partial charge in [-0.25, -0.2) is 0 Å². The molecule has 0 amide bonds. The van der Waals surface area contributed by atoms with Gasteiger partial charge in [0.1, 0.15) is 0 Å². The number of unbranched alkanes of at least 4 members (excludes halogenated alkanes) is 1. The van der Waals surface area contributed by atoms with Crippen LogP contribution >= 0.6 is 0 Å². The molecule has 0 aromatic heterocycles. The smallest absolute Gasteiger partial charge is 0.0445 e. The van der Waals surface area contributed by atoms with Crippen LogP contribution in [0.5, 0.6) is 0 Å². The predicted octanol–water partition coefficient (Wildman–Crippen LogP) is 0.950. The van der Waals surface area contributed by atoms with Crippen molar-refractivity contribution in [3.05, 3.63) is 0 Å². The summed E-state index contributed by atoms with van der Waals surface area (Å²) in [6.07, 6.45) is 3.52. The third kappa shape index (κ3) is 6.74. The normalized spacial score (nSPS) is 11.8. The minimum absolute atomic E-state index is 0. The second kappa shape index (κ2) is 8.45. The van der Waals surface area contributed by atoms with Crippen LogP contribution in [0.25, 0.3) is 0 Å². The molecule has 0 radical (unpaired) electrons. The first-order valence-corrected chi connectivity index (χ1v) is 3.93. The molecule has 0 aromatic rings. The van der Waals surface area contributed by atoms with E-state index in [1.54, 1.807) is 0 Å². The Hall–Kier alpha value is 0.353. The molecular weight excluding hydrogens is 219 g/mol. The number of hydrogen-bond acceptors (Lipinski definition) is 2. The molecule has 3 heteroatoms. The Morgan fingerprint density at radius 1 is 1.45 bits per heavy atom. The number of carbonyl (C=O) groups excluding carboxylic acids is 1. The van der Waals surface area contributed by atoms with Crippen LogP contribution in [0.2, 0.25) is 0 Å². The standard InChI is InChI=1S/C8H16O2.Zr/c1-3-5-6-7(4-2)8(9)10;/h7H,3-6H2,1-2H3,(H,9,10);/p-1. The first-order valence-electron chi connectivity index (χ1n) is 3.93. The molecule has 11 heavy (non-hydrogen) atoms.